The molecule has 0 aliphatic rings. The number of nitrogens with zero attached hydrogens (tertiary/aromatic N) is 2. The van der Waals surface area contributed by atoms with E-state index in [0.29, 0.717) is 0 Å². The van der Waals surface area contributed by atoms with Crippen LogP contribution in [0, 0.1) is 0 Å². The molecule has 0 unspecified atom stereocenters. The molecule has 0 saturated heterocycles. The molecular weight excluding hydrogens is 479 g/mol. The molecule has 172 valence electrons. The van der Waals surface area contributed by atoms with E-state index in [9.17, 15) is 0 Å². The quantitative estimate of drug-likeness (QED) is 0.343. The van der Waals surface area contributed by atoms with Gasteiger partial charge in [-0.3, -0.25) is 0 Å². The van der Waals surface area contributed by atoms with Crippen molar-refractivity contribution in [2.75, 3.05) is 0 Å². The molecule has 0 fully saturated rings. The molecule has 0 atom stereocenters. The second-order valence-corrected chi connectivity index (χ2v) is 42.7. The Morgan fingerprint density at radius 3 is 0.500 bits per heavy atom. The van der Waals surface area contributed by atoms with E-state index >= 15 is 0 Å². The van der Waals surface area contributed by atoms with Crippen molar-refractivity contribution in [3.63, 3.8) is 0 Å². The number of hydrogen-bond acceptors (Lipinski definition) is 1. The summed E-state index contributed by atoms with van der Waals surface area (Å²) in [5.74, 6) is 0. The molecule has 10 heteroatoms. The minimum Gasteiger partial charge on any atom is -0.668 e. The molecule has 0 heterocycles. The zero-order chi connectivity index (χ0) is 23.1. The molecule has 0 saturated carbocycles. The van der Waals surface area contributed by atoms with E-state index in [2.05, 4.69) is 122 Å². The largest absolute Gasteiger partial charge is 2.00 e. The van der Waals surface area contributed by atoms with Crippen LogP contribution in [0.25, 0.3) is 9.30 Å². The van der Waals surface area contributed by atoms with Crippen molar-refractivity contribution in [1.82, 2.24) is 4.65 Å². The fourth-order valence-corrected chi connectivity index (χ4v) is 28.2. The Kier molecular flexibility index (Phi) is 17.6. The Hall–Kier alpha value is 1.71. The van der Waals surface area contributed by atoms with Gasteiger partial charge in [0.1, 0.15) is 16.5 Å². The Morgan fingerprint density at radius 1 is 0.357 bits per heavy atom. The van der Waals surface area contributed by atoms with E-state index in [1.807, 2.05) is 0 Å². The summed E-state index contributed by atoms with van der Waals surface area (Å²) >= 11 is 0. The Morgan fingerprint density at radius 2 is 0.500 bits per heavy atom. The summed E-state index contributed by atoms with van der Waals surface area (Å²) in [6.45, 7) is 41.7. The standard InChI is InChI=1S/C6H19NSi2.2C6H18NSi2.Cr/c3*1-8(2,3)7-9(4,5)6;/h7H,1-6H3;2*1-6H3;/q;2*-1;+2. The van der Waals surface area contributed by atoms with Crippen molar-refractivity contribution in [3.05, 3.63) is 9.30 Å². The van der Waals surface area contributed by atoms with Crippen LogP contribution in [0.3, 0.4) is 0 Å². The van der Waals surface area contributed by atoms with Crippen LogP contribution < -0.4 is 4.65 Å². The molecule has 0 aromatic carbocycles. The zero-order valence-corrected chi connectivity index (χ0v) is 30.1. The van der Waals surface area contributed by atoms with E-state index in [1.165, 1.54) is 0 Å². The van der Waals surface area contributed by atoms with Crippen LogP contribution in [0.1, 0.15) is 0 Å². The van der Waals surface area contributed by atoms with Gasteiger partial charge in [-0.1, -0.05) is 151 Å². The van der Waals surface area contributed by atoms with Gasteiger partial charge in [-0.25, -0.2) is 0 Å². The van der Waals surface area contributed by atoms with Gasteiger partial charge >= 0.3 is 17.4 Å². The van der Waals surface area contributed by atoms with Crippen molar-refractivity contribution in [2.45, 2.75) is 118 Å². The van der Waals surface area contributed by atoms with Crippen LogP contribution in [0.4, 0.5) is 0 Å². The van der Waals surface area contributed by atoms with Gasteiger partial charge in [0.05, 0.1) is 0 Å². The fourth-order valence-electron chi connectivity index (χ4n) is 3.14. The van der Waals surface area contributed by atoms with Gasteiger partial charge in [-0.05, 0) is 0 Å². The smallest absolute Gasteiger partial charge is 0.668 e. The molecule has 0 aliphatic carbocycles. The van der Waals surface area contributed by atoms with E-state index in [1.54, 1.807) is 0 Å². The Balaban J connectivity index is -0.000000152. The van der Waals surface area contributed by atoms with E-state index in [4.69, 9.17) is 9.30 Å². The maximum absolute atomic E-state index is 4.82. The van der Waals surface area contributed by atoms with Gasteiger partial charge in [0.2, 0.25) is 0 Å². The molecule has 0 spiro atoms. The maximum Gasteiger partial charge on any atom is 2.00 e. The maximum atomic E-state index is 4.82. The summed E-state index contributed by atoms with van der Waals surface area (Å²) in [6, 6.07) is 0. The fraction of sp³-hybridized carbons (Fsp3) is 1.00. The SMILES string of the molecule is C[Si](C)(C)N[Si](C)(C)C.C[Si](C)(C)[N-][Si](C)(C)C.C[Si](C)(C)[N-][Si](C)(C)C.[Cr+2]. The van der Waals surface area contributed by atoms with Crippen molar-refractivity contribution in [3.8, 4) is 0 Å². The molecule has 0 aliphatic heterocycles. The summed E-state index contributed by atoms with van der Waals surface area (Å²) in [6.07, 6.45) is 0. The second kappa shape index (κ2) is 13.3. The number of hydrogen-bond donors (Lipinski definition) is 1. The summed E-state index contributed by atoms with van der Waals surface area (Å²) in [4.78, 5) is 0. The van der Waals surface area contributed by atoms with Crippen LogP contribution in [0.15, 0.2) is 0 Å². The molecule has 3 nitrogen and oxygen atoms in total. The van der Waals surface area contributed by atoms with Gasteiger partial charge in [0.15, 0.2) is 0 Å². The first-order valence-corrected chi connectivity index (χ1v) is 31.2. The third-order valence-electron chi connectivity index (χ3n) is 2.09. The average molecular weight is 534 g/mol. The summed E-state index contributed by atoms with van der Waals surface area (Å²) in [5, 5.41) is 0. The molecule has 0 aromatic heterocycles. The summed E-state index contributed by atoms with van der Waals surface area (Å²) in [7, 11) is -6.39. The molecular formula is C18H55CrN3Si6. The minimum atomic E-state index is -1.11. The first-order chi connectivity index (χ1) is 11.1. The second-order valence-electron chi connectivity index (χ2n) is 13.5. The van der Waals surface area contributed by atoms with Gasteiger partial charge in [0.25, 0.3) is 0 Å². The van der Waals surface area contributed by atoms with Crippen molar-refractivity contribution >= 4 is 49.4 Å². The third-order valence-corrected chi connectivity index (χ3v) is 18.8. The zero-order valence-electron chi connectivity index (χ0n) is 22.8. The molecule has 0 amide bonds. The number of rotatable bonds is 6. The van der Waals surface area contributed by atoms with Crippen LogP contribution in [0.5, 0.6) is 0 Å². The van der Waals surface area contributed by atoms with Crippen LogP contribution in [-0.2, 0) is 17.4 Å². The third kappa shape index (κ3) is 50.9. The minimum absolute atomic E-state index is 0. The topological polar surface area (TPSA) is 40.2 Å². The van der Waals surface area contributed by atoms with Crippen LogP contribution >= 0.6 is 0 Å². The van der Waals surface area contributed by atoms with E-state index in [0.717, 1.165) is 0 Å². The predicted octanol–water partition coefficient (Wildman–Crippen LogP) is 8.30. The molecule has 1 N–H and O–H groups in total. The van der Waals surface area contributed by atoms with Crippen LogP contribution in [0.2, 0.25) is 118 Å². The first-order valence-electron chi connectivity index (χ1n) is 10.4. The average Bonchev–Trinajstić information content (AvgIpc) is 1.96. The number of nitrogens with one attached hydrogen (secondary N) is 1. The Bertz CT molecular complexity index is 297. The molecule has 0 aromatic rings. The normalized spacial score (nSPS) is 13.5. The van der Waals surface area contributed by atoms with E-state index < -0.39 is 49.4 Å². The van der Waals surface area contributed by atoms with Gasteiger partial charge in [-0.2, -0.15) is 0 Å². The first kappa shape index (κ1) is 37.1. The monoisotopic (exact) mass is 533 g/mol. The molecule has 0 rings (SSSR count). The van der Waals surface area contributed by atoms with Gasteiger partial charge in [-0.15, -0.1) is 0 Å². The van der Waals surface area contributed by atoms with Crippen LogP contribution in [-0.4, -0.2) is 49.4 Å². The predicted molar refractivity (Wildman–Crippen MR) is 150 cm³/mol. The van der Waals surface area contributed by atoms with Gasteiger partial charge in [0, 0.05) is 0 Å². The molecule has 0 bridgehead atoms. The van der Waals surface area contributed by atoms with E-state index in [-0.39, 0.29) is 17.4 Å². The summed E-state index contributed by atoms with van der Waals surface area (Å²) in [5.41, 5.74) is 0. The molecule has 28 heavy (non-hydrogen) atoms. The van der Waals surface area contributed by atoms with Gasteiger partial charge < -0.3 is 13.9 Å². The molecule has 0 radical (unpaired) electrons. The van der Waals surface area contributed by atoms with Crippen molar-refractivity contribution in [2.24, 2.45) is 0 Å². The van der Waals surface area contributed by atoms with Crippen molar-refractivity contribution in [1.29, 1.82) is 0 Å². The van der Waals surface area contributed by atoms with Crippen molar-refractivity contribution < 1.29 is 17.4 Å². The summed E-state index contributed by atoms with van der Waals surface area (Å²) < 4.78 is 13.4. The Labute approximate surface area is 197 Å².